The lowest BCUT2D eigenvalue weighted by Crippen LogP contribution is -2.34. The molecule has 0 saturated carbocycles. The molecule has 1 aromatic rings. The van der Waals surface area contributed by atoms with Gasteiger partial charge in [-0.2, -0.15) is 0 Å². The van der Waals surface area contributed by atoms with E-state index in [1.165, 1.54) is 18.4 Å². The molecule has 2 heterocycles. The first-order valence-corrected chi connectivity index (χ1v) is 7.68. The van der Waals surface area contributed by atoms with Gasteiger partial charge in [0.15, 0.2) is 11.5 Å². The highest BCUT2D eigenvalue weighted by Crippen LogP contribution is 2.38. The van der Waals surface area contributed by atoms with Gasteiger partial charge in [-0.1, -0.05) is 11.6 Å². The van der Waals surface area contributed by atoms with Gasteiger partial charge >= 0.3 is 0 Å². The molecule has 1 aromatic carbocycles. The number of halogens is 1. The number of fused-ring (bicyclic) bond motifs is 1. The van der Waals surface area contributed by atoms with Crippen molar-refractivity contribution in [1.82, 2.24) is 4.90 Å². The largest absolute Gasteiger partial charge is 0.489 e. The van der Waals surface area contributed by atoms with E-state index >= 15 is 0 Å². The zero-order valence-corrected chi connectivity index (χ0v) is 12.4. The molecule has 2 aliphatic heterocycles. The van der Waals surface area contributed by atoms with E-state index in [1.54, 1.807) is 0 Å². The van der Waals surface area contributed by atoms with Crippen molar-refractivity contribution in [2.24, 2.45) is 5.73 Å². The summed E-state index contributed by atoms with van der Waals surface area (Å²) in [6.07, 6.45) is 3.30. The van der Waals surface area contributed by atoms with Crippen molar-refractivity contribution in [3.63, 3.8) is 0 Å². The maximum absolute atomic E-state index is 6.33. The molecule has 1 atom stereocenters. The van der Waals surface area contributed by atoms with Gasteiger partial charge in [-0.15, -0.1) is 0 Å². The molecule has 110 valence electrons. The number of likely N-dealkylation sites (tertiary alicyclic amines) is 1. The molecule has 4 nitrogen and oxygen atoms in total. The quantitative estimate of drug-likeness (QED) is 0.930. The summed E-state index contributed by atoms with van der Waals surface area (Å²) in [5.41, 5.74) is 6.99. The lowest BCUT2D eigenvalue weighted by Gasteiger charge is -2.23. The first-order chi connectivity index (χ1) is 9.78. The first-order valence-electron chi connectivity index (χ1n) is 7.30. The van der Waals surface area contributed by atoms with E-state index in [0.29, 0.717) is 30.0 Å². The summed E-state index contributed by atoms with van der Waals surface area (Å²) in [4.78, 5) is 2.43. The summed E-state index contributed by atoms with van der Waals surface area (Å²) in [7, 11) is 0. The number of hydrogen-bond acceptors (Lipinski definition) is 4. The molecule has 0 aliphatic carbocycles. The van der Waals surface area contributed by atoms with Crippen LogP contribution in [-0.4, -0.2) is 37.2 Å². The number of hydrogen-bond donors (Lipinski definition) is 1. The third-order valence-corrected chi connectivity index (χ3v) is 4.30. The van der Waals surface area contributed by atoms with Crippen LogP contribution in [0.4, 0.5) is 0 Å². The predicted molar refractivity (Wildman–Crippen MR) is 79.5 cm³/mol. The van der Waals surface area contributed by atoms with E-state index in [2.05, 4.69) is 11.0 Å². The number of rotatable bonds is 3. The third kappa shape index (κ3) is 2.87. The lowest BCUT2D eigenvalue weighted by molar-refractivity contribution is 0.249. The van der Waals surface area contributed by atoms with Crippen LogP contribution in [0.15, 0.2) is 12.1 Å². The van der Waals surface area contributed by atoms with Crippen molar-refractivity contribution in [3.05, 3.63) is 22.7 Å². The molecule has 20 heavy (non-hydrogen) atoms. The van der Waals surface area contributed by atoms with Crippen molar-refractivity contribution in [3.8, 4) is 11.5 Å². The molecule has 1 saturated heterocycles. The molecular formula is C15H21ClN2O2. The maximum atomic E-state index is 6.33. The van der Waals surface area contributed by atoms with Gasteiger partial charge in [0.25, 0.3) is 0 Å². The zero-order chi connectivity index (χ0) is 13.9. The smallest absolute Gasteiger partial charge is 0.179 e. The number of nitrogens with zero attached hydrogens (tertiary/aromatic N) is 1. The van der Waals surface area contributed by atoms with Crippen LogP contribution in [0.25, 0.3) is 0 Å². The minimum atomic E-state index is 0.491. The Labute approximate surface area is 124 Å². The Balaban J connectivity index is 1.80. The molecule has 0 spiro atoms. The Kier molecular flexibility index (Phi) is 4.34. The van der Waals surface area contributed by atoms with E-state index in [-0.39, 0.29) is 0 Å². The molecule has 2 N–H and O–H groups in total. The SMILES string of the molecule is NCC1CCCN1Cc1cc(Cl)c2c(c1)OCCCO2. The fraction of sp³-hybridized carbons (Fsp3) is 0.600. The summed E-state index contributed by atoms with van der Waals surface area (Å²) in [5.74, 6) is 1.46. The summed E-state index contributed by atoms with van der Waals surface area (Å²) >= 11 is 6.33. The Morgan fingerprint density at radius 3 is 2.95 bits per heavy atom. The number of benzene rings is 1. The standard InChI is InChI=1S/C15H21ClN2O2/c16-13-7-11(10-18-4-1-3-12(18)9-17)8-14-15(13)20-6-2-5-19-14/h7-8,12H,1-6,9-10,17H2. The van der Waals surface area contributed by atoms with Crippen molar-refractivity contribution in [1.29, 1.82) is 0 Å². The Hall–Kier alpha value is -0.970. The van der Waals surface area contributed by atoms with Gasteiger partial charge in [0.05, 0.1) is 18.2 Å². The highest BCUT2D eigenvalue weighted by atomic mass is 35.5. The molecule has 0 aromatic heterocycles. The van der Waals surface area contributed by atoms with Gasteiger partial charge in [0, 0.05) is 25.6 Å². The van der Waals surface area contributed by atoms with Crippen molar-refractivity contribution >= 4 is 11.6 Å². The van der Waals surface area contributed by atoms with Crippen LogP contribution in [0.5, 0.6) is 11.5 Å². The molecule has 3 rings (SSSR count). The van der Waals surface area contributed by atoms with Crippen LogP contribution in [0.3, 0.4) is 0 Å². The van der Waals surface area contributed by atoms with E-state index in [0.717, 1.165) is 31.8 Å². The first kappa shape index (κ1) is 14.0. The van der Waals surface area contributed by atoms with E-state index in [4.69, 9.17) is 26.8 Å². The molecule has 5 heteroatoms. The van der Waals surface area contributed by atoms with Gasteiger partial charge in [0.1, 0.15) is 0 Å². The second-order valence-corrected chi connectivity index (χ2v) is 5.86. The average molecular weight is 297 g/mol. The van der Waals surface area contributed by atoms with E-state index < -0.39 is 0 Å². The van der Waals surface area contributed by atoms with Crippen molar-refractivity contribution < 1.29 is 9.47 Å². The summed E-state index contributed by atoms with van der Waals surface area (Å²) in [6, 6.07) is 4.53. The maximum Gasteiger partial charge on any atom is 0.179 e. The minimum Gasteiger partial charge on any atom is -0.489 e. The van der Waals surface area contributed by atoms with Gasteiger partial charge < -0.3 is 15.2 Å². The lowest BCUT2D eigenvalue weighted by atomic mass is 10.1. The Morgan fingerprint density at radius 1 is 1.25 bits per heavy atom. The second-order valence-electron chi connectivity index (χ2n) is 5.46. The topological polar surface area (TPSA) is 47.7 Å². The molecule has 2 aliphatic rings. The van der Waals surface area contributed by atoms with Gasteiger partial charge in [-0.25, -0.2) is 0 Å². The summed E-state index contributed by atoms with van der Waals surface area (Å²) < 4.78 is 11.4. The molecule has 1 unspecified atom stereocenters. The fourth-order valence-corrected chi connectivity index (χ4v) is 3.27. The van der Waals surface area contributed by atoms with Gasteiger partial charge in [-0.3, -0.25) is 4.90 Å². The molecule has 0 radical (unpaired) electrons. The second kappa shape index (κ2) is 6.20. The number of nitrogens with two attached hydrogens (primary N) is 1. The molecule has 0 amide bonds. The fourth-order valence-electron chi connectivity index (χ4n) is 2.98. The summed E-state index contributed by atoms with van der Waals surface area (Å²) in [5, 5.41) is 0.642. The minimum absolute atomic E-state index is 0.491. The Bertz CT molecular complexity index is 481. The van der Waals surface area contributed by atoms with Gasteiger partial charge in [-0.05, 0) is 37.1 Å². The zero-order valence-electron chi connectivity index (χ0n) is 11.6. The highest BCUT2D eigenvalue weighted by molar-refractivity contribution is 6.32. The van der Waals surface area contributed by atoms with Crippen LogP contribution < -0.4 is 15.2 Å². The van der Waals surface area contributed by atoms with Crippen molar-refractivity contribution in [2.75, 3.05) is 26.3 Å². The van der Waals surface area contributed by atoms with Gasteiger partial charge in [0.2, 0.25) is 0 Å². The molecular weight excluding hydrogens is 276 g/mol. The Morgan fingerprint density at radius 2 is 2.10 bits per heavy atom. The molecule has 0 bridgehead atoms. The third-order valence-electron chi connectivity index (χ3n) is 4.02. The normalized spacial score (nSPS) is 22.8. The van der Waals surface area contributed by atoms with Crippen LogP contribution in [0.1, 0.15) is 24.8 Å². The summed E-state index contributed by atoms with van der Waals surface area (Å²) in [6.45, 7) is 4.04. The van der Waals surface area contributed by atoms with E-state index in [9.17, 15) is 0 Å². The highest BCUT2D eigenvalue weighted by Gasteiger charge is 2.24. The van der Waals surface area contributed by atoms with Crippen molar-refractivity contribution in [2.45, 2.75) is 31.8 Å². The molecule has 1 fully saturated rings. The average Bonchev–Trinajstić information content (AvgIpc) is 2.74. The number of ether oxygens (including phenoxy) is 2. The van der Waals surface area contributed by atoms with E-state index in [1.807, 2.05) is 6.07 Å². The monoisotopic (exact) mass is 296 g/mol. The predicted octanol–water partition coefficient (Wildman–Crippen LogP) is 2.42. The van der Waals surface area contributed by atoms with Crippen LogP contribution in [-0.2, 0) is 6.54 Å². The van der Waals surface area contributed by atoms with Crippen LogP contribution in [0.2, 0.25) is 5.02 Å². The van der Waals surface area contributed by atoms with Crippen LogP contribution in [0, 0.1) is 0 Å². The van der Waals surface area contributed by atoms with Crippen LogP contribution >= 0.6 is 11.6 Å².